The molecule has 0 aromatic carbocycles. The van der Waals surface area contributed by atoms with E-state index >= 15 is 0 Å². The molecule has 0 radical (unpaired) electrons. The number of hydrogen-bond acceptors (Lipinski definition) is 5. The van der Waals surface area contributed by atoms with Crippen molar-refractivity contribution < 1.29 is 5.11 Å². The van der Waals surface area contributed by atoms with Crippen LogP contribution in [0.5, 0.6) is 0 Å². The van der Waals surface area contributed by atoms with E-state index in [0.717, 1.165) is 31.1 Å². The monoisotopic (exact) mass is 224 g/mol. The first-order chi connectivity index (χ1) is 7.72. The molecule has 0 unspecified atom stereocenters. The molecule has 0 saturated carbocycles. The van der Waals surface area contributed by atoms with Gasteiger partial charge in [0.25, 0.3) is 0 Å². The molecule has 5 nitrogen and oxygen atoms in total. The minimum absolute atomic E-state index is 0.191. The molecule has 1 heterocycles. The Morgan fingerprint density at radius 1 is 1.25 bits per heavy atom. The van der Waals surface area contributed by atoms with Gasteiger partial charge in [-0.25, -0.2) is 9.97 Å². The standard InChI is InChI=1S/C11H20N4O/c1-9(2)7-13-11-6-10(14-8-15-11)12-4-3-5-16/h6,8-9,16H,3-5,7H2,1-2H3,(H2,12,13,14,15). The molecule has 0 aliphatic carbocycles. The van der Waals surface area contributed by atoms with Crippen LogP contribution in [0.2, 0.25) is 0 Å². The highest BCUT2D eigenvalue weighted by Gasteiger charge is 1.99. The Morgan fingerprint density at radius 2 is 1.94 bits per heavy atom. The van der Waals surface area contributed by atoms with Crippen LogP contribution in [-0.4, -0.2) is 34.8 Å². The SMILES string of the molecule is CC(C)CNc1cc(NCCCO)ncn1. The maximum Gasteiger partial charge on any atom is 0.131 e. The van der Waals surface area contributed by atoms with Gasteiger partial charge in [0.15, 0.2) is 0 Å². The molecule has 5 heteroatoms. The lowest BCUT2D eigenvalue weighted by atomic mass is 10.2. The molecule has 1 rings (SSSR count). The molecule has 1 aromatic heterocycles. The van der Waals surface area contributed by atoms with Crippen molar-refractivity contribution in [3.8, 4) is 0 Å². The van der Waals surface area contributed by atoms with Crippen LogP contribution in [-0.2, 0) is 0 Å². The van der Waals surface area contributed by atoms with Crippen LogP contribution < -0.4 is 10.6 Å². The number of aliphatic hydroxyl groups excluding tert-OH is 1. The Balaban J connectivity index is 2.43. The summed E-state index contributed by atoms with van der Waals surface area (Å²) < 4.78 is 0. The Labute approximate surface area is 96.3 Å². The fourth-order valence-electron chi connectivity index (χ4n) is 1.15. The summed E-state index contributed by atoms with van der Waals surface area (Å²) in [6.45, 7) is 6.10. The second-order valence-corrected chi connectivity index (χ2v) is 4.07. The zero-order valence-electron chi connectivity index (χ0n) is 9.90. The molecule has 3 N–H and O–H groups in total. The first kappa shape index (κ1) is 12.7. The van der Waals surface area contributed by atoms with Gasteiger partial charge in [0.2, 0.25) is 0 Å². The van der Waals surface area contributed by atoms with Gasteiger partial charge in [-0.3, -0.25) is 0 Å². The summed E-state index contributed by atoms with van der Waals surface area (Å²) in [5.74, 6) is 2.20. The van der Waals surface area contributed by atoms with Gasteiger partial charge in [-0.05, 0) is 12.3 Å². The van der Waals surface area contributed by atoms with Crippen LogP contribution in [0.3, 0.4) is 0 Å². The minimum Gasteiger partial charge on any atom is -0.396 e. The first-order valence-corrected chi connectivity index (χ1v) is 5.63. The van der Waals surface area contributed by atoms with Gasteiger partial charge in [-0.15, -0.1) is 0 Å². The van der Waals surface area contributed by atoms with Crippen molar-refractivity contribution in [2.75, 3.05) is 30.3 Å². The highest BCUT2D eigenvalue weighted by Crippen LogP contribution is 2.08. The molecule has 0 atom stereocenters. The fourth-order valence-corrected chi connectivity index (χ4v) is 1.15. The lowest BCUT2D eigenvalue weighted by Gasteiger charge is -2.09. The molecule has 0 aliphatic rings. The van der Waals surface area contributed by atoms with Crippen molar-refractivity contribution in [3.63, 3.8) is 0 Å². The van der Waals surface area contributed by atoms with Gasteiger partial charge in [0.05, 0.1) is 0 Å². The van der Waals surface area contributed by atoms with Crippen LogP contribution >= 0.6 is 0 Å². The van der Waals surface area contributed by atoms with E-state index in [-0.39, 0.29) is 6.61 Å². The van der Waals surface area contributed by atoms with Crippen molar-refractivity contribution >= 4 is 11.6 Å². The van der Waals surface area contributed by atoms with E-state index in [4.69, 9.17) is 5.11 Å². The number of anilines is 2. The largest absolute Gasteiger partial charge is 0.396 e. The van der Waals surface area contributed by atoms with Crippen LogP contribution in [0.1, 0.15) is 20.3 Å². The zero-order valence-corrected chi connectivity index (χ0v) is 9.90. The highest BCUT2D eigenvalue weighted by atomic mass is 16.3. The van der Waals surface area contributed by atoms with Crippen LogP contribution in [0, 0.1) is 5.92 Å². The van der Waals surface area contributed by atoms with Crippen molar-refractivity contribution in [1.82, 2.24) is 9.97 Å². The molecule has 16 heavy (non-hydrogen) atoms. The van der Waals surface area contributed by atoms with Gasteiger partial charge in [0.1, 0.15) is 18.0 Å². The average molecular weight is 224 g/mol. The molecular weight excluding hydrogens is 204 g/mol. The van der Waals surface area contributed by atoms with Crippen molar-refractivity contribution in [2.24, 2.45) is 5.92 Å². The summed E-state index contributed by atoms with van der Waals surface area (Å²) in [7, 11) is 0. The topological polar surface area (TPSA) is 70.1 Å². The summed E-state index contributed by atoms with van der Waals surface area (Å²) in [4.78, 5) is 8.22. The molecule has 0 saturated heterocycles. The molecule has 0 aliphatic heterocycles. The van der Waals surface area contributed by atoms with Gasteiger partial charge in [-0.2, -0.15) is 0 Å². The van der Waals surface area contributed by atoms with Gasteiger partial charge >= 0.3 is 0 Å². The molecule has 0 amide bonds. The third-order valence-corrected chi connectivity index (χ3v) is 2.00. The predicted molar refractivity (Wildman–Crippen MR) is 65.6 cm³/mol. The normalized spacial score (nSPS) is 10.5. The van der Waals surface area contributed by atoms with Crippen molar-refractivity contribution in [2.45, 2.75) is 20.3 Å². The Bertz CT molecular complexity index is 304. The van der Waals surface area contributed by atoms with Crippen molar-refractivity contribution in [1.29, 1.82) is 0 Å². The second-order valence-electron chi connectivity index (χ2n) is 4.07. The number of aromatic nitrogens is 2. The third-order valence-electron chi connectivity index (χ3n) is 2.00. The number of aliphatic hydroxyl groups is 1. The molecule has 1 aromatic rings. The second kappa shape index (κ2) is 7.00. The number of nitrogens with zero attached hydrogens (tertiary/aromatic N) is 2. The predicted octanol–water partition coefficient (Wildman–Crippen LogP) is 1.34. The summed E-state index contributed by atoms with van der Waals surface area (Å²) in [5, 5.41) is 15.0. The quantitative estimate of drug-likeness (QED) is 0.610. The van der Waals surface area contributed by atoms with E-state index in [2.05, 4.69) is 34.4 Å². The molecular formula is C11H20N4O. The lowest BCUT2D eigenvalue weighted by Crippen LogP contribution is -2.10. The molecule has 0 spiro atoms. The van der Waals surface area contributed by atoms with Gasteiger partial charge in [-0.1, -0.05) is 13.8 Å². The van der Waals surface area contributed by atoms with Crippen LogP contribution in [0.25, 0.3) is 0 Å². The van der Waals surface area contributed by atoms with E-state index < -0.39 is 0 Å². The van der Waals surface area contributed by atoms with Gasteiger partial charge in [0, 0.05) is 25.8 Å². The van der Waals surface area contributed by atoms with Crippen LogP contribution in [0.4, 0.5) is 11.6 Å². The number of rotatable bonds is 7. The first-order valence-electron chi connectivity index (χ1n) is 5.63. The smallest absolute Gasteiger partial charge is 0.131 e. The molecule has 0 fully saturated rings. The maximum atomic E-state index is 8.66. The number of nitrogens with one attached hydrogen (secondary N) is 2. The van der Waals surface area contributed by atoms with E-state index in [9.17, 15) is 0 Å². The lowest BCUT2D eigenvalue weighted by molar-refractivity contribution is 0.292. The summed E-state index contributed by atoms with van der Waals surface area (Å²) >= 11 is 0. The summed E-state index contributed by atoms with van der Waals surface area (Å²) in [5.41, 5.74) is 0. The third kappa shape index (κ3) is 4.93. The van der Waals surface area contributed by atoms with E-state index in [0.29, 0.717) is 5.92 Å². The Kier molecular flexibility index (Phi) is 5.56. The van der Waals surface area contributed by atoms with E-state index in [1.807, 2.05) is 6.07 Å². The fraction of sp³-hybridized carbons (Fsp3) is 0.636. The maximum absolute atomic E-state index is 8.66. The van der Waals surface area contributed by atoms with E-state index in [1.165, 1.54) is 6.33 Å². The Hall–Kier alpha value is -1.36. The molecule has 0 bridgehead atoms. The minimum atomic E-state index is 0.191. The average Bonchev–Trinajstić information content (AvgIpc) is 2.27. The van der Waals surface area contributed by atoms with Gasteiger partial charge < -0.3 is 15.7 Å². The summed E-state index contributed by atoms with van der Waals surface area (Å²) in [6.07, 6.45) is 2.25. The highest BCUT2D eigenvalue weighted by molar-refractivity contribution is 5.46. The summed E-state index contributed by atoms with van der Waals surface area (Å²) in [6, 6.07) is 1.87. The Morgan fingerprint density at radius 3 is 2.56 bits per heavy atom. The van der Waals surface area contributed by atoms with Crippen LogP contribution in [0.15, 0.2) is 12.4 Å². The van der Waals surface area contributed by atoms with Crippen molar-refractivity contribution in [3.05, 3.63) is 12.4 Å². The molecule has 90 valence electrons. The zero-order chi connectivity index (χ0) is 11.8. The number of hydrogen-bond donors (Lipinski definition) is 3. The van der Waals surface area contributed by atoms with E-state index in [1.54, 1.807) is 0 Å².